The van der Waals surface area contributed by atoms with Crippen molar-refractivity contribution in [3.05, 3.63) is 30.6 Å². The second-order valence-electron chi connectivity index (χ2n) is 8.06. The highest BCUT2D eigenvalue weighted by atomic mass is 16.5. The second-order valence-corrected chi connectivity index (χ2v) is 8.06. The molecule has 2 aliphatic heterocycles. The average molecular weight is 384 g/mol. The zero-order valence-corrected chi connectivity index (χ0v) is 16.3. The fraction of sp³-hybridized carbons (Fsp3) is 0.450. The molecule has 1 atom stereocenters. The van der Waals surface area contributed by atoms with Crippen LogP contribution in [0.5, 0.6) is 0 Å². The van der Waals surface area contributed by atoms with Crippen molar-refractivity contribution in [3.8, 4) is 11.1 Å². The molecule has 8 heteroatoms. The van der Waals surface area contributed by atoms with Gasteiger partial charge in [0, 0.05) is 30.6 Å². The molecule has 2 aromatic rings. The van der Waals surface area contributed by atoms with Gasteiger partial charge in [0.1, 0.15) is 0 Å². The minimum Gasteiger partial charge on any atom is -0.465 e. The van der Waals surface area contributed by atoms with Crippen LogP contribution in [0.4, 0.5) is 16.2 Å². The van der Waals surface area contributed by atoms with Crippen molar-refractivity contribution < 1.29 is 19.4 Å². The Morgan fingerprint density at radius 2 is 2.04 bits per heavy atom. The number of hydrogen-bond acceptors (Lipinski definition) is 4. The Labute approximate surface area is 163 Å². The Balaban J connectivity index is 1.69. The number of anilines is 2. The number of rotatable bonds is 3. The predicted molar refractivity (Wildman–Crippen MR) is 105 cm³/mol. The quantitative estimate of drug-likeness (QED) is 0.879. The van der Waals surface area contributed by atoms with Crippen LogP contribution in [-0.2, 0) is 16.1 Å². The molecular weight excluding hydrogens is 360 g/mol. The Bertz CT molecular complexity index is 934. The first-order valence-electron chi connectivity index (χ1n) is 9.32. The third kappa shape index (κ3) is 3.13. The van der Waals surface area contributed by atoms with Gasteiger partial charge in [-0.1, -0.05) is 13.0 Å². The highest BCUT2D eigenvalue weighted by Gasteiger charge is 2.35. The van der Waals surface area contributed by atoms with E-state index in [1.165, 1.54) is 11.8 Å². The van der Waals surface area contributed by atoms with Gasteiger partial charge in [-0.2, -0.15) is 5.10 Å². The highest BCUT2D eigenvalue weighted by Crippen LogP contribution is 2.39. The third-order valence-electron chi connectivity index (χ3n) is 5.39. The summed E-state index contributed by atoms with van der Waals surface area (Å²) in [5.74, 6) is -0.102. The van der Waals surface area contributed by atoms with E-state index >= 15 is 0 Å². The number of carbonyl (C=O) groups is 2. The molecule has 1 saturated heterocycles. The molecule has 4 rings (SSSR count). The minimum atomic E-state index is -1.03. The topological polar surface area (TPSA) is 87.9 Å². The van der Waals surface area contributed by atoms with Crippen LogP contribution >= 0.6 is 0 Å². The molecule has 0 aliphatic carbocycles. The third-order valence-corrected chi connectivity index (χ3v) is 5.39. The standard InChI is InChI=1S/C20H24N4O4/c1-13-8-23(19(26)27)18-6-15(4-5-17(18)24(13)14(2)25)16-7-21-22(9-16)10-20(3)11-28-12-20/h4-7,9,13H,8,10-12H2,1-3H3,(H,26,27)/t13-/m0/s1. The van der Waals surface area contributed by atoms with Crippen LogP contribution in [0.1, 0.15) is 20.8 Å². The summed E-state index contributed by atoms with van der Waals surface area (Å²) in [4.78, 5) is 26.8. The molecule has 1 aromatic heterocycles. The summed E-state index contributed by atoms with van der Waals surface area (Å²) in [5.41, 5.74) is 3.01. The van der Waals surface area contributed by atoms with Crippen LogP contribution in [0.2, 0.25) is 0 Å². The van der Waals surface area contributed by atoms with E-state index in [4.69, 9.17) is 4.74 Å². The molecule has 1 aromatic carbocycles. The van der Waals surface area contributed by atoms with E-state index in [0.717, 1.165) is 30.9 Å². The molecule has 0 radical (unpaired) electrons. The maximum atomic E-state index is 12.1. The summed E-state index contributed by atoms with van der Waals surface area (Å²) >= 11 is 0. The maximum absolute atomic E-state index is 12.1. The van der Waals surface area contributed by atoms with Crippen LogP contribution in [0.15, 0.2) is 30.6 Å². The van der Waals surface area contributed by atoms with Gasteiger partial charge in [-0.05, 0) is 24.6 Å². The average Bonchev–Trinajstić information content (AvgIpc) is 3.07. The van der Waals surface area contributed by atoms with Gasteiger partial charge in [0.2, 0.25) is 5.91 Å². The van der Waals surface area contributed by atoms with Gasteiger partial charge in [-0.15, -0.1) is 0 Å². The number of nitrogens with zero attached hydrogens (tertiary/aromatic N) is 4. The Morgan fingerprint density at radius 1 is 1.29 bits per heavy atom. The number of benzene rings is 1. The van der Waals surface area contributed by atoms with Crippen molar-refractivity contribution in [1.82, 2.24) is 9.78 Å². The Kier molecular flexibility index (Phi) is 4.38. The molecule has 0 unspecified atom stereocenters. The predicted octanol–water partition coefficient (Wildman–Crippen LogP) is 2.83. The summed E-state index contributed by atoms with van der Waals surface area (Å²) in [6.45, 7) is 7.99. The molecule has 3 heterocycles. The summed E-state index contributed by atoms with van der Waals surface area (Å²) in [6.07, 6.45) is 2.72. The second kappa shape index (κ2) is 6.63. The van der Waals surface area contributed by atoms with E-state index in [1.54, 1.807) is 11.1 Å². The van der Waals surface area contributed by atoms with E-state index in [-0.39, 0.29) is 23.9 Å². The zero-order valence-electron chi connectivity index (χ0n) is 16.3. The SMILES string of the molecule is CC(=O)N1c2ccc(-c3cnn(CC4(C)COC4)c3)cc2N(C(=O)O)C[C@@H]1C. The summed E-state index contributed by atoms with van der Waals surface area (Å²) in [6, 6.07) is 5.32. The van der Waals surface area contributed by atoms with E-state index in [2.05, 4.69) is 12.0 Å². The zero-order chi connectivity index (χ0) is 20.1. The molecule has 0 saturated carbocycles. The first kappa shape index (κ1) is 18.5. The minimum absolute atomic E-state index is 0.102. The number of hydrogen-bond donors (Lipinski definition) is 1. The van der Waals surface area contributed by atoms with Gasteiger partial charge >= 0.3 is 6.09 Å². The van der Waals surface area contributed by atoms with E-state index < -0.39 is 6.09 Å². The van der Waals surface area contributed by atoms with Crippen LogP contribution in [0.3, 0.4) is 0 Å². The lowest BCUT2D eigenvalue weighted by molar-refractivity contribution is -0.117. The maximum Gasteiger partial charge on any atom is 0.411 e. The number of amides is 2. The van der Waals surface area contributed by atoms with Crippen molar-refractivity contribution in [2.45, 2.75) is 33.4 Å². The fourth-order valence-corrected chi connectivity index (χ4v) is 4.00. The molecule has 1 N–H and O–H groups in total. The molecular formula is C20H24N4O4. The lowest BCUT2D eigenvalue weighted by Gasteiger charge is -2.39. The van der Waals surface area contributed by atoms with Crippen LogP contribution in [0.25, 0.3) is 11.1 Å². The number of fused-ring (bicyclic) bond motifs is 1. The number of ether oxygens (including phenoxy) is 1. The lowest BCUT2D eigenvalue weighted by Crippen LogP contribution is -2.51. The van der Waals surface area contributed by atoms with E-state index in [0.29, 0.717) is 11.4 Å². The molecule has 0 bridgehead atoms. The van der Waals surface area contributed by atoms with Crippen molar-refractivity contribution >= 4 is 23.4 Å². The lowest BCUT2D eigenvalue weighted by atomic mass is 9.89. The molecule has 2 aliphatic rings. The number of carbonyl (C=O) groups excluding carboxylic acids is 1. The van der Waals surface area contributed by atoms with Gasteiger partial charge in [0.25, 0.3) is 0 Å². The van der Waals surface area contributed by atoms with Crippen molar-refractivity contribution in [2.75, 3.05) is 29.6 Å². The molecule has 2 amide bonds. The van der Waals surface area contributed by atoms with Gasteiger partial charge in [0.05, 0.1) is 43.4 Å². The summed E-state index contributed by atoms with van der Waals surface area (Å²) in [5, 5.41) is 14.1. The van der Waals surface area contributed by atoms with Crippen LogP contribution < -0.4 is 9.80 Å². The van der Waals surface area contributed by atoms with Crippen molar-refractivity contribution in [2.24, 2.45) is 5.41 Å². The van der Waals surface area contributed by atoms with Crippen molar-refractivity contribution in [1.29, 1.82) is 0 Å². The van der Waals surface area contributed by atoms with Gasteiger partial charge in [-0.3, -0.25) is 14.4 Å². The molecule has 8 nitrogen and oxygen atoms in total. The molecule has 28 heavy (non-hydrogen) atoms. The normalized spacial score (nSPS) is 20.5. The summed E-state index contributed by atoms with van der Waals surface area (Å²) < 4.78 is 7.20. The monoisotopic (exact) mass is 384 g/mol. The van der Waals surface area contributed by atoms with Gasteiger partial charge in [-0.25, -0.2) is 4.79 Å². The van der Waals surface area contributed by atoms with Gasteiger partial charge in [0.15, 0.2) is 0 Å². The number of aromatic nitrogens is 2. The molecule has 0 spiro atoms. The van der Waals surface area contributed by atoms with Crippen molar-refractivity contribution in [3.63, 3.8) is 0 Å². The van der Waals surface area contributed by atoms with Crippen LogP contribution in [0, 0.1) is 5.41 Å². The fourth-order valence-electron chi connectivity index (χ4n) is 4.00. The number of carboxylic acid groups (broad SMARTS) is 1. The first-order chi connectivity index (χ1) is 13.3. The molecule has 1 fully saturated rings. The first-order valence-corrected chi connectivity index (χ1v) is 9.32. The van der Waals surface area contributed by atoms with E-state index in [1.807, 2.05) is 36.0 Å². The van der Waals surface area contributed by atoms with Crippen LogP contribution in [-0.4, -0.2) is 52.7 Å². The smallest absolute Gasteiger partial charge is 0.411 e. The van der Waals surface area contributed by atoms with Gasteiger partial charge < -0.3 is 14.7 Å². The Morgan fingerprint density at radius 3 is 2.64 bits per heavy atom. The molecule has 148 valence electrons. The summed E-state index contributed by atoms with van der Waals surface area (Å²) in [7, 11) is 0. The highest BCUT2D eigenvalue weighted by molar-refractivity contribution is 6.02. The van der Waals surface area contributed by atoms with E-state index in [9.17, 15) is 14.7 Å². The Hall–Kier alpha value is -2.87. The largest absolute Gasteiger partial charge is 0.465 e.